The molecule has 0 unspecified atom stereocenters. The van der Waals surface area contributed by atoms with Crippen molar-refractivity contribution in [2.24, 2.45) is 0 Å². The van der Waals surface area contributed by atoms with Crippen molar-refractivity contribution < 1.29 is 13.6 Å². The van der Waals surface area contributed by atoms with Crippen LogP contribution in [0.5, 0.6) is 0 Å². The first-order valence-corrected chi connectivity index (χ1v) is 14.4. The second-order valence-corrected chi connectivity index (χ2v) is 11.0. The van der Waals surface area contributed by atoms with E-state index in [9.17, 15) is 9.18 Å². The first-order valence-electron chi connectivity index (χ1n) is 12.5. The summed E-state index contributed by atoms with van der Waals surface area (Å²) >= 11 is 2.96. The third-order valence-corrected chi connectivity index (χ3v) is 8.49. The van der Waals surface area contributed by atoms with Crippen molar-refractivity contribution in [2.45, 2.75) is 17.8 Å². The fraction of sp³-hybridized carbons (Fsp3) is 0.214. The van der Waals surface area contributed by atoms with Gasteiger partial charge in [0.1, 0.15) is 16.5 Å². The van der Waals surface area contributed by atoms with Crippen molar-refractivity contribution >= 4 is 34.7 Å². The number of hydrogen-bond donors (Lipinski definition) is 0. The highest BCUT2D eigenvalue weighted by Gasteiger charge is 2.25. The van der Waals surface area contributed by atoms with Gasteiger partial charge in [0.2, 0.25) is 5.82 Å². The first-order chi connectivity index (χ1) is 19.1. The lowest BCUT2D eigenvalue weighted by molar-refractivity contribution is 0.0741. The average Bonchev–Trinajstić information content (AvgIpc) is 3.74. The summed E-state index contributed by atoms with van der Waals surface area (Å²) in [6, 6.07) is 18.6. The molecule has 4 heterocycles. The van der Waals surface area contributed by atoms with E-state index in [0.717, 1.165) is 16.3 Å². The monoisotopic (exact) mass is 560 g/mol. The molecule has 3 aromatic heterocycles. The number of para-hydroxylation sites is 1. The van der Waals surface area contributed by atoms with Crippen LogP contribution in [0.4, 0.5) is 10.1 Å². The molecule has 0 radical (unpaired) electrons. The van der Waals surface area contributed by atoms with Gasteiger partial charge in [-0.05, 0) is 43.3 Å². The Kier molecular flexibility index (Phi) is 7.16. The van der Waals surface area contributed by atoms with Crippen LogP contribution in [0.2, 0.25) is 0 Å². The van der Waals surface area contributed by atoms with Crippen LogP contribution in [-0.4, -0.2) is 56.7 Å². The lowest BCUT2D eigenvalue weighted by atomic mass is 10.2. The topological polar surface area (TPSA) is 80.3 Å². The fourth-order valence-corrected chi connectivity index (χ4v) is 6.22. The summed E-state index contributed by atoms with van der Waals surface area (Å²) < 4.78 is 21.7. The SMILES string of the molecule is Cc1ccc(-n2c(SCc3nc(C(=O)N4CCN(c5ccccc5F)CC4)cs3)nnc2-c2ccco2)cc1. The van der Waals surface area contributed by atoms with E-state index in [1.54, 1.807) is 28.7 Å². The van der Waals surface area contributed by atoms with E-state index in [2.05, 4.69) is 15.2 Å². The van der Waals surface area contributed by atoms with Gasteiger partial charge in [-0.25, -0.2) is 9.37 Å². The van der Waals surface area contributed by atoms with E-state index < -0.39 is 0 Å². The smallest absolute Gasteiger partial charge is 0.273 e. The normalized spacial score (nSPS) is 13.7. The number of benzene rings is 2. The van der Waals surface area contributed by atoms with Crippen molar-refractivity contribution in [3.63, 3.8) is 0 Å². The van der Waals surface area contributed by atoms with Crippen LogP contribution in [0.3, 0.4) is 0 Å². The van der Waals surface area contributed by atoms with Gasteiger partial charge in [0, 0.05) is 37.2 Å². The lowest BCUT2D eigenvalue weighted by Gasteiger charge is -2.35. The van der Waals surface area contributed by atoms with Gasteiger partial charge in [-0.15, -0.1) is 21.5 Å². The highest BCUT2D eigenvalue weighted by atomic mass is 32.2. The molecule has 0 aliphatic carbocycles. The zero-order chi connectivity index (χ0) is 26.8. The molecule has 1 fully saturated rings. The largest absolute Gasteiger partial charge is 0.461 e. The maximum atomic E-state index is 14.2. The summed E-state index contributed by atoms with van der Waals surface area (Å²) in [5.74, 6) is 1.45. The highest BCUT2D eigenvalue weighted by molar-refractivity contribution is 7.98. The molecular formula is C28H25FN6O2S2. The van der Waals surface area contributed by atoms with Crippen molar-refractivity contribution in [2.75, 3.05) is 31.1 Å². The molecule has 0 spiro atoms. The number of piperazine rings is 1. The van der Waals surface area contributed by atoms with Gasteiger partial charge in [0.05, 0.1) is 17.7 Å². The number of thiazole rings is 1. The van der Waals surface area contributed by atoms with Crippen LogP contribution in [0.15, 0.2) is 81.9 Å². The molecule has 5 aromatic rings. The molecule has 1 aliphatic heterocycles. The minimum Gasteiger partial charge on any atom is -0.461 e. The number of furan rings is 1. The average molecular weight is 561 g/mol. The number of hydrogen-bond acceptors (Lipinski definition) is 8. The predicted octanol–water partition coefficient (Wildman–Crippen LogP) is 5.69. The molecule has 8 nitrogen and oxygen atoms in total. The van der Waals surface area contributed by atoms with E-state index in [-0.39, 0.29) is 11.7 Å². The van der Waals surface area contributed by atoms with Crippen LogP contribution in [-0.2, 0) is 5.75 Å². The molecule has 198 valence electrons. The molecule has 0 saturated carbocycles. The Morgan fingerprint density at radius 2 is 1.82 bits per heavy atom. The van der Waals surface area contributed by atoms with Crippen LogP contribution >= 0.6 is 23.1 Å². The number of aryl methyl sites for hydroxylation is 1. The maximum absolute atomic E-state index is 14.2. The number of anilines is 1. The van der Waals surface area contributed by atoms with E-state index >= 15 is 0 Å². The Morgan fingerprint density at radius 1 is 1.03 bits per heavy atom. The van der Waals surface area contributed by atoms with E-state index in [4.69, 9.17) is 4.42 Å². The lowest BCUT2D eigenvalue weighted by Crippen LogP contribution is -2.49. The Balaban J connectivity index is 1.13. The molecule has 11 heteroatoms. The second-order valence-electron chi connectivity index (χ2n) is 9.10. The zero-order valence-corrected chi connectivity index (χ0v) is 22.8. The van der Waals surface area contributed by atoms with Crippen molar-refractivity contribution in [3.05, 3.63) is 94.4 Å². The number of halogens is 1. The Morgan fingerprint density at radius 3 is 2.56 bits per heavy atom. The van der Waals surface area contributed by atoms with Gasteiger partial charge in [0.25, 0.3) is 5.91 Å². The minimum absolute atomic E-state index is 0.0985. The predicted molar refractivity (Wildman–Crippen MR) is 150 cm³/mol. The summed E-state index contributed by atoms with van der Waals surface area (Å²) in [6.45, 7) is 4.23. The standard InChI is InChI=1S/C28H25FN6O2S2/c1-19-8-10-20(11-9-19)35-26(24-7-4-16-37-24)31-32-28(35)39-18-25-30-22(17-38-25)27(36)34-14-12-33(13-15-34)23-6-3-2-5-21(23)29/h2-11,16-17H,12-15,18H2,1H3. The maximum Gasteiger partial charge on any atom is 0.273 e. The highest BCUT2D eigenvalue weighted by Crippen LogP contribution is 2.31. The number of carbonyl (C=O) groups excluding carboxylic acids is 1. The van der Waals surface area contributed by atoms with Gasteiger partial charge in [-0.1, -0.05) is 41.6 Å². The van der Waals surface area contributed by atoms with Crippen LogP contribution in [0, 0.1) is 12.7 Å². The summed E-state index contributed by atoms with van der Waals surface area (Å²) in [5.41, 5.74) is 3.11. The van der Waals surface area contributed by atoms with Crippen LogP contribution in [0.25, 0.3) is 17.3 Å². The second kappa shape index (κ2) is 11.0. The molecule has 39 heavy (non-hydrogen) atoms. The van der Waals surface area contributed by atoms with Crippen LogP contribution in [0.1, 0.15) is 21.1 Å². The number of thioether (sulfide) groups is 1. The van der Waals surface area contributed by atoms with Crippen molar-refractivity contribution in [1.29, 1.82) is 0 Å². The molecule has 0 N–H and O–H groups in total. The minimum atomic E-state index is -0.242. The molecule has 6 rings (SSSR count). The van der Waals surface area contributed by atoms with E-state index in [1.807, 2.05) is 58.9 Å². The van der Waals surface area contributed by atoms with Gasteiger partial charge in [0.15, 0.2) is 10.9 Å². The molecule has 2 aromatic carbocycles. The van der Waals surface area contributed by atoms with Crippen molar-refractivity contribution in [1.82, 2.24) is 24.6 Å². The number of rotatable bonds is 7. The van der Waals surface area contributed by atoms with E-state index in [1.165, 1.54) is 29.2 Å². The molecule has 0 atom stereocenters. The number of aromatic nitrogens is 4. The molecule has 1 amide bonds. The quantitative estimate of drug-likeness (QED) is 0.237. The Hall–Kier alpha value is -3.96. The van der Waals surface area contributed by atoms with Gasteiger partial charge >= 0.3 is 0 Å². The summed E-state index contributed by atoms with van der Waals surface area (Å²) in [6.07, 6.45) is 1.62. The van der Waals surface area contributed by atoms with Crippen molar-refractivity contribution in [3.8, 4) is 17.3 Å². The third kappa shape index (κ3) is 5.32. The molecular weight excluding hydrogens is 535 g/mol. The summed E-state index contributed by atoms with van der Waals surface area (Å²) in [5, 5.41) is 12.2. The molecule has 1 aliphatic rings. The van der Waals surface area contributed by atoms with Crippen LogP contribution < -0.4 is 4.90 Å². The number of carbonyl (C=O) groups is 1. The molecule has 0 bridgehead atoms. The Bertz CT molecular complexity index is 1570. The summed E-state index contributed by atoms with van der Waals surface area (Å²) in [7, 11) is 0. The number of nitrogens with zero attached hydrogens (tertiary/aromatic N) is 6. The van der Waals surface area contributed by atoms with Gasteiger partial charge < -0.3 is 14.2 Å². The third-order valence-electron chi connectivity index (χ3n) is 6.52. The van der Waals surface area contributed by atoms with Gasteiger partial charge in [-0.2, -0.15) is 0 Å². The Labute approximate surface area is 233 Å². The number of amides is 1. The molecule has 1 saturated heterocycles. The zero-order valence-electron chi connectivity index (χ0n) is 21.2. The fourth-order valence-electron chi connectivity index (χ4n) is 4.48. The van der Waals surface area contributed by atoms with E-state index in [0.29, 0.717) is 60.1 Å². The summed E-state index contributed by atoms with van der Waals surface area (Å²) in [4.78, 5) is 21.5. The first kappa shape index (κ1) is 25.3. The van der Waals surface area contributed by atoms with Gasteiger partial charge in [-0.3, -0.25) is 9.36 Å².